The largest absolute Gasteiger partial charge is 0.461 e. The number of rotatable bonds is 7. The number of amides is 2. The third-order valence-corrected chi connectivity index (χ3v) is 5.53. The van der Waals surface area contributed by atoms with Crippen LogP contribution in [0.2, 0.25) is 0 Å². The molecule has 1 atom stereocenters. The molecule has 2 amide bonds. The molecular formula is C23H29FN4O4. The summed E-state index contributed by atoms with van der Waals surface area (Å²) in [5.41, 5.74) is -0.262. The molecule has 0 radical (unpaired) electrons. The maximum Gasteiger partial charge on any atom is 0.358 e. The molecule has 0 fully saturated rings. The highest BCUT2D eigenvalue weighted by Crippen LogP contribution is 2.35. The monoisotopic (exact) mass is 444 g/mol. The molecule has 172 valence electrons. The zero-order valence-electron chi connectivity index (χ0n) is 19.1. The summed E-state index contributed by atoms with van der Waals surface area (Å²) >= 11 is 0. The van der Waals surface area contributed by atoms with E-state index in [-0.39, 0.29) is 30.4 Å². The summed E-state index contributed by atoms with van der Waals surface area (Å²) in [6.45, 7) is 9.76. The first-order valence-corrected chi connectivity index (χ1v) is 10.7. The van der Waals surface area contributed by atoms with Gasteiger partial charge in [-0.15, -0.1) is 0 Å². The molecule has 1 aliphatic rings. The summed E-state index contributed by atoms with van der Waals surface area (Å²) < 4.78 is 20.1. The van der Waals surface area contributed by atoms with Crippen molar-refractivity contribution in [3.63, 3.8) is 0 Å². The third-order valence-electron chi connectivity index (χ3n) is 5.53. The van der Waals surface area contributed by atoms with E-state index in [2.05, 4.69) is 24.3 Å². The Morgan fingerprint density at radius 1 is 1.31 bits per heavy atom. The van der Waals surface area contributed by atoms with E-state index in [4.69, 9.17) is 4.74 Å². The van der Waals surface area contributed by atoms with Gasteiger partial charge in [-0.25, -0.2) is 9.18 Å². The number of carbonyl (C=O) groups is 3. The lowest BCUT2D eigenvalue weighted by atomic mass is 9.93. The maximum absolute atomic E-state index is 13.8. The van der Waals surface area contributed by atoms with Gasteiger partial charge in [-0.1, -0.05) is 13.8 Å². The molecule has 1 aromatic heterocycles. The van der Waals surface area contributed by atoms with Crippen LogP contribution < -0.4 is 10.2 Å². The molecule has 0 saturated carbocycles. The summed E-state index contributed by atoms with van der Waals surface area (Å²) in [5, 5.41) is 7.14. The molecule has 2 heterocycles. The van der Waals surface area contributed by atoms with Crippen molar-refractivity contribution in [2.75, 3.05) is 18.1 Å². The summed E-state index contributed by atoms with van der Waals surface area (Å²) in [5.74, 6) is -1.54. The van der Waals surface area contributed by atoms with E-state index < -0.39 is 23.2 Å². The summed E-state index contributed by atoms with van der Waals surface area (Å²) in [7, 11) is 0. The quantitative estimate of drug-likeness (QED) is 0.663. The van der Waals surface area contributed by atoms with Crippen LogP contribution in [0.4, 0.5) is 10.1 Å². The smallest absolute Gasteiger partial charge is 0.358 e. The Hall–Kier alpha value is -3.23. The standard InChI is InChI=1S/C23H29FN4O4/c1-6-32-21(30)17-12-19-20(29)28(18-8-7-16(24)11-15(18)4)23(5,13-27(19)26-17)22(31)25-10-9-14(2)3/h7-8,11-12,14H,6,9-10,13H2,1-5H3,(H,25,31)/t23-/m1/s1. The predicted molar refractivity (Wildman–Crippen MR) is 117 cm³/mol. The lowest BCUT2D eigenvalue weighted by Gasteiger charge is -2.43. The van der Waals surface area contributed by atoms with Gasteiger partial charge in [0.1, 0.15) is 17.1 Å². The molecule has 0 spiro atoms. The molecule has 0 bridgehead atoms. The number of benzene rings is 1. The lowest BCUT2D eigenvalue weighted by Crippen LogP contribution is -2.64. The van der Waals surface area contributed by atoms with E-state index in [9.17, 15) is 18.8 Å². The number of esters is 1. The topological polar surface area (TPSA) is 93.5 Å². The zero-order chi connectivity index (χ0) is 23.6. The Labute approximate surface area is 186 Å². The average molecular weight is 445 g/mol. The Morgan fingerprint density at radius 2 is 2.03 bits per heavy atom. The Balaban J connectivity index is 2.07. The molecule has 1 aromatic carbocycles. The van der Waals surface area contributed by atoms with Gasteiger partial charge in [0, 0.05) is 18.3 Å². The van der Waals surface area contributed by atoms with Crippen LogP contribution in [0.3, 0.4) is 0 Å². The van der Waals surface area contributed by atoms with E-state index in [1.54, 1.807) is 20.8 Å². The SMILES string of the molecule is CCOC(=O)c1cc2n(n1)C[C@](C)(C(=O)NCCC(C)C)N(c1ccc(F)cc1C)C2=O. The summed E-state index contributed by atoms with van der Waals surface area (Å²) in [6.07, 6.45) is 0.783. The number of fused-ring (bicyclic) bond motifs is 1. The fourth-order valence-electron chi connectivity index (χ4n) is 3.80. The van der Waals surface area contributed by atoms with Crippen LogP contribution in [0.15, 0.2) is 24.3 Å². The van der Waals surface area contributed by atoms with Gasteiger partial charge in [0.25, 0.3) is 5.91 Å². The minimum Gasteiger partial charge on any atom is -0.461 e. The second-order valence-corrected chi connectivity index (χ2v) is 8.58. The molecule has 2 aromatic rings. The molecule has 0 unspecified atom stereocenters. The molecule has 1 N–H and O–H groups in total. The second kappa shape index (κ2) is 9.10. The molecular weight excluding hydrogens is 415 g/mol. The number of carbonyl (C=O) groups excluding carboxylic acids is 3. The van der Waals surface area contributed by atoms with Gasteiger partial charge in [0.05, 0.1) is 13.2 Å². The highest BCUT2D eigenvalue weighted by molar-refractivity contribution is 6.12. The zero-order valence-corrected chi connectivity index (χ0v) is 19.1. The van der Waals surface area contributed by atoms with E-state index in [1.165, 1.54) is 33.8 Å². The Kier molecular flexibility index (Phi) is 6.66. The molecule has 1 aliphatic heterocycles. The number of hydrogen-bond acceptors (Lipinski definition) is 5. The van der Waals surface area contributed by atoms with Crippen molar-refractivity contribution in [3.05, 3.63) is 47.0 Å². The number of hydrogen-bond donors (Lipinski definition) is 1. The van der Waals surface area contributed by atoms with Gasteiger partial charge < -0.3 is 10.1 Å². The van der Waals surface area contributed by atoms with Crippen LogP contribution in [0.1, 0.15) is 60.7 Å². The Bertz CT molecular complexity index is 1050. The third kappa shape index (κ3) is 4.37. The number of halogens is 1. The van der Waals surface area contributed by atoms with Crippen molar-refractivity contribution in [1.82, 2.24) is 15.1 Å². The van der Waals surface area contributed by atoms with Crippen LogP contribution in [0.5, 0.6) is 0 Å². The van der Waals surface area contributed by atoms with Crippen molar-refractivity contribution in [3.8, 4) is 0 Å². The maximum atomic E-state index is 13.8. The van der Waals surface area contributed by atoms with Crippen molar-refractivity contribution >= 4 is 23.5 Å². The van der Waals surface area contributed by atoms with E-state index in [0.717, 1.165) is 6.42 Å². The van der Waals surface area contributed by atoms with Crippen LogP contribution in [0, 0.1) is 18.7 Å². The summed E-state index contributed by atoms with van der Waals surface area (Å²) in [6, 6.07) is 5.42. The highest BCUT2D eigenvalue weighted by Gasteiger charge is 2.49. The average Bonchev–Trinajstić information content (AvgIpc) is 3.13. The van der Waals surface area contributed by atoms with Crippen LogP contribution in [-0.2, 0) is 16.1 Å². The van der Waals surface area contributed by atoms with Gasteiger partial charge in [-0.3, -0.25) is 19.2 Å². The number of nitrogens with one attached hydrogen (secondary N) is 1. The Morgan fingerprint density at radius 3 is 2.66 bits per heavy atom. The second-order valence-electron chi connectivity index (χ2n) is 8.58. The number of aryl methyl sites for hydroxylation is 1. The van der Waals surface area contributed by atoms with Crippen molar-refractivity contribution < 1.29 is 23.5 Å². The van der Waals surface area contributed by atoms with Gasteiger partial charge in [0.2, 0.25) is 5.91 Å². The molecule has 3 rings (SSSR count). The first-order chi connectivity index (χ1) is 15.1. The highest BCUT2D eigenvalue weighted by atomic mass is 19.1. The minimum absolute atomic E-state index is 0.00422. The van der Waals surface area contributed by atoms with Crippen LogP contribution in [0.25, 0.3) is 0 Å². The molecule has 8 nitrogen and oxygen atoms in total. The fraction of sp³-hybridized carbons (Fsp3) is 0.478. The van der Waals surface area contributed by atoms with Gasteiger partial charge in [-0.2, -0.15) is 5.10 Å². The van der Waals surface area contributed by atoms with Crippen LogP contribution >= 0.6 is 0 Å². The van der Waals surface area contributed by atoms with Gasteiger partial charge >= 0.3 is 5.97 Å². The fourth-order valence-corrected chi connectivity index (χ4v) is 3.80. The summed E-state index contributed by atoms with van der Waals surface area (Å²) in [4.78, 5) is 40.5. The molecule has 32 heavy (non-hydrogen) atoms. The van der Waals surface area contributed by atoms with Crippen LogP contribution in [-0.4, -0.2) is 46.3 Å². The predicted octanol–water partition coefficient (Wildman–Crippen LogP) is 3.09. The first kappa shape index (κ1) is 23.4. The van der Waals surface area contributed by atoms with Crippen molar-refractivity contribution in [2.24, 2.45) is 5.92 Å². The van der Waals surface area contributed by atoms with E-state index in [1.807, 2.05) is 0 Å². The lowest BCUT2D eigenvalue weighted by molar-refractivity contribution is -0.126. The number of nitrogens with zero attached hydrogens (tertiary/aromatic N) is 3. The van der Waals surface area contributed by atoms with Gasteiger partial charge in [-0.05, 0) is 56.9 Å². The minimum atomic E-state index is -1.35. The van der Waals surface area contributed by atoms with Crippen molar-refractivity contribution in [2.45, 2.75) is 53.1 Å². The van der Waals surface area contributed by atoms with E-state index in [0.29, 0.717) is 23.7 Å². The molecule has 0 aliphatic carbocycles. The number of aromatic nitrogens is 2. The first-order valence-electron chi connectivity index (χ1n) is 10.7. The molecule has 0 saturated heterocycles. The van der Waals surface area contributed by atoms with E-state index >= 15 is 0 Å². The number of anilines is 1. The molecule has 9 heteroatoms. The van der Waals surface area contributed by atoms with Crippen molar-refractivity contribution in [1.29, 1.82) is 0 Å². The normalized spacial score (nSPS) is 18.0. The van der Waals surface area contributed by atoms with Gasteiger partial charge in [0.15, 0.2) is 5.69 Å². The number of ether oxygens (including phenoxy) is 1.